The van der Waals surface area contributed by atoms with Crippen molar-refractivity contribution in [1.29, 1.82) is 0 Å². The van der Waals surface area contributed by atoms with Gasteiger partial charge in [0, 0.05) is 31.3 Å². The van der Waals surface area contributed by atoms with Crippen LogP contribution in [0.1, 0.15) is 43.0 Å². The van der Waals surface area contributed by atoms with Gasteiger partial charge in [-0.3, -0.25) is 9.59 Å². The number of amidine groups is 1. The van der Waals surface area contributed by atoms with Crippen LogP contribution in [0.5, 0.6) is 0 Å². The molecule has 0 bridgehead atoms. The SMILES string of the molecule is CC(=O)Nc1ccc(C(=O)CSC(=Nc2ccccc2)N2CCCCCC2)cc1. The quantitative estimate of drug-likeness (QED) is 0.423. The van der Waals surface area contributed by atoms with Crippen molar-refractivity contribution in [3.63, 3.8) is 0 Å². The Hall–Kier alpha value is -2.60. The van der Waals surface area contributed by atoms with Gasteiger partial charge in [-0.25, -0.2) is 4.99 Å². The summed E-state index contributed by atoms with van der Waals surface area (Å²) in [6.07, 6.45) is 4.82. The Morgan fingerprint density at radius 3 is 2.24 bits per heavy atom. The molecule has 1 saturated heterocycles. The molecule has 2 aromatic carbocycles. The van der Waals surface area contributed by atoms with Gasteiger partial charge in [0.2, 0.25) is 5.91 Å². The van der Waals surface area contributed by atoms with Gasteiger partial charge >= 0.3 is 0 Å². The lowest BCUT2D eigenvalue weighted by atomic mass is 10.1. The summed E-state index contributed by atoms with van der Waals surface area (Å²) in [4.78, 5) is 31.0. The van der Waals surface area contributed by atoms with E-state index in [0.29, 0.717) is 17.0 Å². The second-order valence-corrected chi connectivity index (χ2v) is 8.04. The van der Waals surface area contributed by atoms with Crippen molar-refractivity contribution >= 4 is 40.0 Å². The first-order valence-electron chi connectivity index (χ1n) is 10.0. The van der Waals surface area contributed by atoms with Gasteiger partial charge in [0.15, 0.2) is 11.0 Å². The van der Waals surface area contributed by atoms with Crippen molar-refractivity contribution in [3.8, 4) is 0 Å². The van der Waals surface area contributed by atoms with Crippen LogP contribution in [0.2, 0.25) is 0 Å². The summed E-state index contributed by atoms with van der Waals surface area (Å²) in [5.74, 6) is 0.264. The average Bonchev–Trinajstić information content (AvgIpc) is 3.01. The van der Waals surface area contributed by atoms with E-state index in [-0.39, 0.29) is 11.7 Å². The number of Topliss-reactive ketones (excluding diaryl/α,β-unsaturated/α-hetero) is 1. The summed E-state index contributed by atoms with van der Waals surface area (Å²) >= 11 is 1.51. The van der Waals surface area contributed by atoms with Crippen LogP contribution in [-0.4, -0.2) is 40.6 Å². The van der Waals surface area contributed by atoms with E-state index in [1.165, 1.54) is 31.5 Å². The predicted molar refractivity (Wildman–Crippen MR) is 121 cm³/mol. The van der Waals surface area contributed by atoms with Crippen molar-refractivity contribution < 1.29 is 9.59 Å². The number of benzene rings is 2. The zero-order valence-electron chi connectivity index (χ0n) is 16.8. The molecule has 1 aliphatic heterocycles. The van der Waals surface area contributed by atoms with Crippen LogP contribution < -0.4 is 5.32 Å². The molecular weight excluding hydrogens is 382 g/mol. The fourth-order valence-electron chi connectivity index (χ4n) is 3.23. The highest BCUT2D eigenvalue weighted by Crippen LogP contribution is 2.22. The van der Waals surface area contributed by atoms with Crippen LogP contribution in [0, 0.1) is 0 Å². The summed E-state index contributed by atoms with van der Waals surface area (Å²) in [7, 11) is 0. The van der Waals surface area contributed by atoms with Crippen molar-refractivity contribution in [2.45, 2.75) is 32.6 Å². The fourth-order valence-corrected chi connectivity index (χ4v) is 4.19. The molecule has 2 aromatic rings. The van der Waals surface area contributed by atoms with Crippen LogP contribution in [-0.2, 0) is 4.79 Å². The summed E-state index contributed by atoms with van der Waals surface area (Å²) < 4.78 is 0. The van der Waals surface area contributed by atoms with Crippen molar-refractivity contribution in [1.82, 2.24) is 4.90 Å². The number of para-hydroxylation sites is 1. The van der Waals surface area contributed by atoms with E-state index >= 15 is 0 Å². The third kappa shape index (κ3) is 6.75. The average molecular weight is 410 g/mol. The summed E-state index contributed by atoms with van der Waals surface area (Å²) in [6.45, 7) is 3.43. The predicted octanol–water partition coefficient (Wildman–Crippen LogP) is 5.12. The molecule has 152 valence electrons. The molecule has 1 N–H and O–H groups in total. The van der Waals surface area contributed by atoms with Gasteiger partial charge in [-0.1, -0.05) is 42.8 Å². The number of anilines is 1. The van der Waals surface area contributed by atoms with Crippen LogP contribution >= 0.6 is 11.8 Å². The maximum Gasteiger partial charge on any atom is 0.221 e. The molecule has 29 heavy (non-hydrogen) atoms. The molecule has 1 fully saturated rings. The maximum absolute atomic E-state index is 12.7. The summed E-state index contributed by atoms with van der Waals surface area (Å²) in [5.41, 5.74) is 2.24. The smallest absolute Gasteiger partial charge is 0.221 e. The van der Waals surface area contributed by atoms with Crippen molar-refractivity contribution in [3.05, 3.63) is 60.2 Å². The topological polar surface area (TPSA) is 61.8 Å². The van der Waals surface area contributed by atoms with Crippen LogP contribution in [0.3, 0.4) is 0 Å². The highest BCUT2D eigenvalue weighted by atomic mass is 32.2. The minimum absolute atomic E-state index is 0.0555. The molecule has 1 heterocycles. The zero-order chi connectivity index (χ0) is 20.5. The van der Waals surface area contributed by atoms with Crippen LogP contribution in [0.4, 0.5) is 11.4 Å². The van der Waals surface area contributed by atoms with E-state index in [2.05, 4.69) is 10.2 Å². The lowest BCUT2D eigenvalue weighted by molar-refractivity contribution is -0.114. The molecule has 0 spiro atoms. The number of nitrogens with zero attached hydrogens (tertiary/aromatic N) is 2. The number of hydrogen-bond donors (Lipinski definition) is 1. The van der Waals surface area contributed by atoms with E-state index in [1.807, 2.05) is 30.3 Å². The Labute approximate surface area is 176 Å². The van der Waals surface area contributed by atoms with Gasteiger partial charge in [0.05, 0.1) is 11.4 Å². The number of carbonyl (C=O) groups is 2. The number of aliphatic imine (C=N–C) groups is 1. The lowest BCUT2D eigenvalue weighted by Crippen LogP contribution is -2.30. The Morgan fingerprint density at radius 1 is 0.966 bits per heavy atom. The summed E-state index contributed by atoms with van der Waals surface area (Å²) in [6, 6.07) is 16.9. The number of carbonyl (C=O) groups excluding carboxylic acids is 2. The molecule has 1 amide bonds. The largest absolute Gasteiger partial charge is 0.351 e. The van der Waals surface area contributed by atoms with Crippen LogP contribution in [0.25, 0.3) is 0 Å². The maximum atomic E-state index is 12.7. The Balaban J connectivity index is 1.69. The third-order valence-corrected chi connectivity index (χ3v) is 5.73. The Kier molecular flexibility index (Phi) is 7.87. The molecule has 5 nitrogen and oxygen atoms in total. The highest BCUT2D eigenvalue weighted by Gasteiger charge is 2.17. The molecule has 1 aliphatic rings. The standard InChI is InChI=1S/C23H27N3O2S/c1-18(27)24-21-13-11-19(12-14-21)22(28)17-29-23(25-20-9-5-4-6-10-20)26-15-7-2-3-8-16-26/h4-6,9-14H,2-3,7-8,15-17H2,1H3,(H,24,27). The van der Waals surface area contributed by atoms with Crippen LogP contribution in [0.15, 0.2) is 59.6 Å². The number of likely N-dealkylation sites (tertiary alicyclic amines) is 1. The minimum atomic E-state index is -0.126. The Bertz CT molecular complexity index is 842. The summed E-state index contributed by atoms with van der Waals surface area (Å²) in [5, 5.41) is 3.63. The van der Waals surface area contributed by atoms with E-state index in [0.717, 1.165) is 36.8 Å². The molecule has 0 aliphatic carbocycles. The Morgan fingerprint density at radius 2 is 1.62 bits per heavy atom. The first-order valence-corrected chi connectivity index (χ1v) is 11.0. The van der Waals surface area contributed by atoms with Gasteiger partial charge in [-0.2, -0.15) is 0 Å². The van der Waals surface area contributed by atoms with Gasteiger partial charge in [-0.15, -0.1) is 0 Å². The van der Waals surface area contributed by atoms with E-state index in [9.17, 15) is 9.59 Å². The number of nitrogens with one attached hydrogen (secondary N) is 1. The molecule has 0 aromatic heterocycles. The van der Waals surface area contributed by atoms with E-state index < -0.39 is 0 Å². The van der Waals surface area contributed by atoms with E-state index in [4.69, 9.17) is 4.99 Å². The fraction of sp³-hybridized carbons (Fsp3) is 0.348. The molecule has 3 rings (SSSR count). The second kappa shape index (κ2) is 10.8. The minimum Gasteiger partial charge on any atom is -0.351 e. The van der Waals surface area contributed by atoms with Gasteiger partial charge in [0.25, 0.3) is 0 Å². The number of ketones is 1. The first kappa shape index (κ1) is 21.1. The number of rotatable bonds is 5. The monoisotopic (exact) mass is 409 g/mol. The first-order chi connectivity index (χ1) is 14.1. The molecule has 0 atom stereocenters. The molecular formula is C23H27N3O2S. The van der Waals surface area contributed by atoms with Crippen molar-refractivity contribution in [2.75, 3.05) is 24.2 Å². The third-order valence-electron chi connectivity index (χ3n) is 4.72. The van der Waals surface area contributed by atoms with Gasteiger partial charge in [0.1, 0.15) is 0 Å². The highest BCUT2D eigenvalue weighted by molar-refractivity contribution is 8.14. The molecule has 0 unspecified atom stereocenters. The van der Waals surface area contributed by atoms with Gasteiger partial charge < -0.3 is 10.2 Å². The normalized spacial score (nSPS) is 14.9. The molecule has 0 radical (unpaired) electrons. The lowest BCUT2D eigenvalue weighted by Gasteiger charge is -2.23. The van der Waals surface area contributed by atoms with Gasteiger partial charge in [-0.05, 0) is 49.2 Å². The zero-order valence-corrected chi connectivity index (χ0v) is 17.6. The number of hydrogen-bond acceptors (Lipinski definition) is 4. The number of thioether (sulfide) groups is 1. The van der Waals surface area contributed by atoms with E-state index in [1.54, 1.807) is 24.3 Å². The number of amides is 1. The van der Waals surface area contributed by atoms with Crippen molar-refractivity contribution in [2.24, 2.45) is 4.99 Å². The molecule has 0 saturated carbocycles. The molecule has 6 heteroatoms. The second-order valence-electron chi connectivity index (χ2n) is 7.10.